The van der Waals surface area contributed by atoms with E-state index in [0.29, 0.717) is 12.6 Å². The summed E-state index contributed by atoms with van der Waals surface area (Å²) < 4.78 is 18.2. The van der Waals surface area contributed by atoms with Crippen LogP contribution in [0.4, 0.5) is 0 Å². The van der Waals surface area contributed by atoms with E-state index in [1.165, 1.54) is 4.70 Å². The fourth-order valence-electron chi connectivity index (χ4n) is 3.75. The third-order valence-corrected chi connectivity index (χ3v) is 6.44. The molecule has 3 aromatic rings. The zero-order chi connectivity index (χ0) is 21.5. The van der Waals surface area contributed by atoms with E-state index < -0.39 is 0 Å². The standard InChI is InChI=1S/C23H30N4O3S.HI/c1-24-23(27-12-10-17(11-13-27)29-15-5-14-28-2)25-16-18-8-9-20(30-18)22-26-19-6-3-4-7-21(19)31-22;/h3-4,6-9,17H,5,10-16H2,1-2H3,(H,24,25);1H. The number of para-hydroxylation sites is 1. The van der Waals surface area contributed by atoms with Crippen LogP contribution in [0.2, 0.25) is 0 Å². The van der Waals surface area contributed by atoms with Gasteiger partial charge in [-0.25, -0.2) is 4.98 Å². The molecule has 0 spiro atoms. The summed E-state index contributed by atoms with van der Waals surface area (Å²) >= 11 is 1.65. The number of hydrogen-bond acceptors (Lipinski definition) is 6. The second kappa shape index (κ2) is 12.5. The molecule has 0 atom stereocenters. The van der Waals surface area contributed by atoms with Crippen LogP contribution in [-0.2, 0) is 16.0 Å². The van der Waals surface area contributed by atoms with Crippen LogP contribution >= 0.6 is 35.3 Å². The summed E-state index contributed by atoms with van der Waals surface area (Å²) in [6, 6.07) is 12.1. The van der Waals surface area contributed by atoms with Crippen molar-refractivity contribution in [2.24, 2.45) is 4.99 Å². The summed E-state index contributed by atoms with van der Waals surface area (Å²) in [6.45, 7) is 3.97. The number of hydrogen-bond donors (Lipinski definition) is 1. The van der Waals surface area contributed by atoms with Crippen molar-refractivity contribution >= 4 is 51.5 Å². The van der Waals surface area contributed by atoms with E-state index in [4.69, 9.17) is 13.9 Å². The predicted octanol–water partition coefficient (Wildman–Crippen LogP) is 4.77. The number of benzene rings is 1. The fraction of sp³-hybridized carbons (Fsp3) is 0.478. The highest BCUT2D eigenvalue weighted by molar-refractivity contribution is 14.0. The maximum absolute atomic E-state index is 6.04. The number of fused-ring (bicyclic) bond motifs is 1. The maximum Gasteiger partial charge on any atom is 0.194 e. The zero-order valence-corrected chi connectivity index (χ0v) is 21.7. The van der Waals surface area contributed by atoms with Gasteiger partial charge in [-0.1, -0.05) is 12.1 Å². The van der Waals surface area contributed by atoms with Crippen LogP contribution in [0.15, 0.2) is 45.8 Å². The van der Waals surface area contributed by atoms with Crippen LogP contribution in [0.25, 0.3) is 21.0 Å². The van der Waals surface area contributed by atoms with Crippen LogP contribution in [0.3, 0.4) is 0 Å². The molecule has 0 amide bonds. The zero-order valence-electron chi connectivity index (χ0n) is 18.6. The normalized spacial score (nSPS) is 15.2. The molecule has 0 saturated carbocycles. The molecule has 1 aromatic carbocycles. The molecule has 1 fully saturated rings. The van der Waals surface area contributed by atoms with E-state index in [0.717, 1.165) is 73.6 Å². The molecule has 1 N–H and O–H groups in total. The van der Waals surface area contributed by atoms with Gasteiger partial charge in [0.05, 0.1) is 22.9 Å². The third kappa shape index (κ3) is 6.43. The lowest BCUT2D eigenvalue weighted by atomic mass is 10.1. The number of rotatable bonds is 8. The molecule has 0 radical (unpaired) electrons. The van der Waals surface area contributed by atoms with Gasteiger partial charge in [-0.05, 0) is 43.5 Å². The van der Waals surface area contributed by atoms with E-state index in [9.17, 15) is 0 Å². The number of aromatic nitrogens is 1. The first kappa shape index (κ1) is 24.9. The quantitative estimate of drug-likeness (QED) is 0.182. The van der Waals surface area contributed by atoms with Crippen molar-refractivity contribution < 1.29 is 13.9 Å². The van der Waals surface area contributed by atoms with Crippen molar-refractivity contribution in [2.45, 2.75) is 31.9 Å². The lowest BCUT2D eigenvalue weighted by molar-refractivity contribution is 0.00988. The van der Waals surface area contributed by atoms with Gasteiger partial charge in [-0.15, -0.1) is 35.3 Å². The monoisotopic (exact) mass is 570 g/mol. The van der Waals surface area contributed by atoms with Crippen molar-refractivity contribution in [3.8, 4) is 10.8 Å². The van der Waals surface area contributed by atoms with Gasteiger partial charge in [0.15, 0.2) is 16.7 Å². The van der Waals surface area contributed by atoms with Crippen molar-refractivity contribution in [1.82, 2.24) is 15.2 Å². The molecule has 2 aromatic heterocycles. The van der Waals surface area contributed by atoms with Crippen molar-refractivity contribution in [2.75, 3.05) is 40.5 Å². The molecule has 1 aliphatic heterocycles. The average Bonchev–Trinajstić information content (AvgIpc) is 3.45. The molecule has 4 rings (SSSR count). The Kier molecular flexibility index (Phi) is 9.76. The number of furan rings is 1. The van der Waals surface area contributed by atoms with Crippen molar-refractivity contribution in [3.63, 3.8) is 0 Å². The van der Waals surface area contributed by atoms with Gasteiger partial charge >= 0.3 is 0 Å². The number of piperidine rings is 1. The minimum Gasteiger partial charge on any atom is -0.457 e. The van der Waals surface area contributed by atoms with Crippen LogP contribution in [0, 0.1) is 0 Å². The predicted molar refractivity (Wildman–Crippen MR) is 140 cm³/mol. The fourth-order valence-corrected chi connectivity index (χ4v) is 4.68. The molecule has 0 aliphatic carbocycles. The number of nitrogens with one attached hydrogen (secondary N) is 1. The number of ether oxygens (including phenoxy) is 2. The van der Waals surface area contributed by atoms with Crippen LogP contribution in [0.1, 0.15) is 25.0 Å². The van der Waals surface area contributed by atoms with E-state index in [1.54, 1.807) is 18.4 Å². The maximum atomic E-state index is 6.04. The van der Waals surface area contributed by atoms with E-state index in [1.807, 2.05) is 37.4 Å². The Bertz CT molecular complexity index is 965. The van der Waals surface area contributed by atoms with Crippen molar-refractivity contribution in [1.29, 1.82) is 0 Å². The van der Waals surface area contributed by atoms with Crippen molar-refractivity contribution in [3.05, 3.63) is 42.2 Å². The Morgan fingerprint density at radius 1 is 1.22 bits per heavy atom. The van der Waals surface area contributed by atoms with Crippen LogP contribution in [-0.4, -0.2) is 62.4 Å². The van der Waals surface area contributed by atoms with Gasteiger partial charge in [-0.3, -0.25) is 4.99 Å². The van der Waals surface area contributed by atoms with Gasteiger partial charge in [-0.2, -0.15) is 0 Å². The number of halogens is 1. The summed E-state index contributed by atoms with van der Waals surface area (Å²) in [7, 11) is 3.55. The third-order valence-electron chi connectivity index (χ3n) is 5.39. The molecule has 32 heavy (non-hydrogen) atoms. The minimum atomic E-state index is 0. The lowest BCUT2D eigenvalue weighted by Crippen LogP contribution is -2.46. The van der Waals surface area contributed by atoms with E-state index in [2.05, 4.69) is 26.3 Å². The number of guanidine groups is 1. The number of nitrogens with zero attached hydrogens (tertiary/aromatic N) is 3. The summed E-state index contributed by atoms with van der Waals surface area (Å²) in [6.07, 6.45) is 3.29. The molecular formula is C23H31IN4O3S. The van der Waals surface area contributed by atoms with Gasteiger partial charge in [0.2, 0.25) is 0 Å². The highest BCUT2D eigenvalue weighted by atomic mass is 127. The smallest absolute Gasteiger partial charge is 0.194 e. The van der Waals surface area contributed by atoms with Gasteiger partial charge in [0, 0.05) is 40.5 Å². The lowest BCUT2D eigenvalue weighted by Gasteiger charge is -2.34. The molecular weight excluding hydrogens is 539 g/mol. The summed E-state index contributed by atoms with van der Waals surface area (Å²) in [5.74, 6) is 2.57. The topological polar surface area (TPSA) is 72.1 Å². The first-order chi connectivity index (χ1) is 15.3. The SMILES string of the molecule is CN=C(NCc1ccc(-c2nc3ccccc3s2)o1)N1CCC(OCCCOC)CC1.I. The number of thiazole rings is 1. The largest absolute Gasteiger partial charge is 0.457 e. The summed E-state index contributed by atoms with van der Waals surface area (Å²) in [5.41, 5.74) is 1.00. The first-order valence-corrected chi connectivity index (χ1v) is 11.6. The highest BCUT2D eigenvalue weighted by Crippen LogP contribution is 2.31. The van der Waals surface area contributed by atoms with Gasteiger partial charge < -0.3 is 24.1 Å². The molecule has 0 bridgehead atoms. The van der Waals surface area contributed by atoms with E-state index >= 15 is 0 Å². The summed E-state index contributed by atoms with van der Waals surface area (Å²) in [4.78, 5) is 11.4. The molecule has 1 saturated heterocycles. The molecule has 0 unspecified atom stereocenters. The van der Waals surface area contributed by atoms with E-state index in [-0.39, 0.29) is 24.0 Å². The van der Waals surface area contributed by atoms with Gasteiger partial charge in [0.25, 0.3) is 0 Å². The molecule has 9 heteroatoms. The Labute approximate surface area is 210 Å². The molecule has 1 aliphatic rings. The Morgan fingerprint density at radius 2 is 2.03 bits per heavy atom. The van der Waals surface area contributed by atoms with Gasteiger partial charge in [0.1, 0.15) is 5.76 Å². The average molecular weight is 570 g/mol. The Hall–Kier alpha value is -1.69. The molecule has 174 valence electrons. The molecule has 3 heterocycles. The minimum absolute atomic E-state index is 0. The Balaban J connectivity index is 0.00000289. The Morgan fingerprint density at radius 3 is 2.78 bits per heavy atom. The number of aliphatic imine (C=N–C) groups is 1. The second-order valence-electron chi connectivity index (χ2n) is 7.56. The second-order valence-corrected chi connectivity index (χ2v) is 8.59. The summed E-state index contributed by atoms with van der Waals surface area (Å²) in [5, 5.41) is 4.34. The number of likely N-dealkylation sites (tertiary alicyclic amines) is 1. The highest BCUT2D eigenvalue weighted by Gasteiger charge is 2.22. The van der Waals surface area contributed by atoms with Crippen LogP contribution in [0.5, 0.6) is 0 Å². The number of methoxy groups -OCH3 is 1. The van der Waals surface area contributed by atoms with Crippen LogP contribution < -0.4 is 5.32 Å². The first-order valence-electron chi connectivity index (χ1n) is 10.8. The molecule has 7 nitrogen and oxygen atoms in total.